The van der Waals surface area contributed by atoms with Gasteiger partial charge in [0, 0.05) is 27.0 Å². The van der Waals surface area contributed by atoms with Gasteiger partial charge in [0.1, 0.15) is 10.6 Å². The smallest absolute Gasteiger partial charge is 0.265 e. The summed E-state index contributed by atoms with van der Waals surface area (Å²) < 4.78 is 7.86. The molecule has 9 heteroatoms. The van der Waals surface area contributed by atoms with Crippen molar-refractivity contribution in [3.05, 3.63) is 74.1 Å². The van der Waals surface area contributed by atoms with E-state index in [1.54, 1.807) is 23.1 Å². The van der Waals surface area contributed by atoms with Crippen LogP contribution in [0.25, 0.3) is 21.3 Å². The number of benzene rings is 2. The topological polar surface area (TPSA) is 81.5 Å². The minimum Gasteiger partial charge on any atom is -0.482 e. The molecule has 2 aromatic heterocycles. The van der Waals surface area contributed by atoms with E-state index in [0.29, 0.717) is 33.8 Å². The number of ether oxygens (including phenoxy) is 1. The van der Waals surface area contributed by atoms with Crippen molar-refractivity contribution in [2.45, 2.75) is 33.2 Å². The van der Waals surface area contributed by atoms with Gasteiger partial charge in [-0.3, -0.25) is 19.0 Å². The van der Waals surface area contributed by atoms with E-state index in [1.165, 1.54) is 22.2 Å². The molecule has 0 unspecified atom stereocenters. The summed E-state index contributed by atoms with van der Waals surface area (Å²) in [7, 11) is 0. The van der Waals surface area contributed by atoms with Crippen LogP contribution < -0.4 is 15.2 Å². The van der Waals surface area contributed by atoms with Crippen LogP contribution in [-0.2, 0) is 17.8 Å². The highest BCUT2D eigenvalue weighted by Gasteiger charge is 2.26. The average molecular weight is 566 g/mol. The molecule has 0 N–H and O–H groups in total. The van der Waals surface area contributed by atoms with Gasteiger partial charge >= 0.3 is 0 Å². The number of carbonyl (C=O) groups excluding carboxylic acids is 2. The van der Waals surface area contributed by atoms with Gasteiger partial charge in [-0.15, -0.1) is 11.3 Å². The van der Waals surface area contributed by atoms with E-state index in [4.69, 9.17) is 4.74 Å². The molecule has 1 amide bonds. The highest BCUT2D eigenvalue weighted by Crippen LogP contribution is 2.37. The van der Waals surface area contributed by atoms with Gasteiger partial charge in [0.05, 0.1) is 23.9 Å². The normalized spacial score (nSPS) is 13.1. The Balaban J connectivity index is 1.52. The van der Waals surface area contributed by atoms with E-state index in [-0.39, 0.29) is 30.4 Å². The maximum atomic E-state index is 13.6. The predicted molar refractivity (Wildman–Crippen MR) is 145 cm³/mol. The third-order valence-electron chi connectivity index (χ3n) is 6.19. The van der Waals surface area contributed by atoms with E-state index < -0.39 is 0 Å². The van der Waals surface area contributed by atoms with E-state index in [1.807, 2.05) is 31.2 Å². The molecule has 0 saturated heterocycles. The summed E-state index contributed by atoms with van der Waals surface area (Å²) >= 11 is 4.97. The van der Waals surface area contributed by atoms with Gasteiger partial charge in [0.2, 0.25) is 0 Å². The van der Waals surface area contributed by atoms with Crippen molar-refractivity contribution in [3.63, 3.8) is 0 Å². The summed E-state index contributed by atoms with van der Waals surface area (Å²) in [5.41, 5.74) is 2.57. The lowest BCUT2D eigenvalue weighted by Crippen LogP contribution is -2.39. The lowest BCUT2D eigenvalue weighted by atomic mass is 10.0. The number of halogens is 1. The fraction of sp³-hybridized carbons (Fsp3) is 0.259. The Hall–Kier alpha value is -3.30. The first-order valence-corrected chi connectivity index (χ1v) is 13.4. The Labute approximate surface area is 220 Å². The van der Waals surface area contributed by atoms with Gasteiger partial charge in [-0.05, 0) is 48.7 Å². The molecular weight excluding hydrogens is 542 g/mol. The fourth-order valence-corrected chi connectivity index (χ4v) is 5.80. The Morgan fingerprint density at radius 1 is 1.14 bits per heavy atom. The number of amides is 1. The van der Waals surface area contributed by atoms with Crippen molar-refractivity contribution in [2.75, 3.05) is 18.1 Å². The zero-order valence-corrected chi connectivity index (χ0v) is 22.3. The summed E-state index contributed by atoms with van der Waals surface area (Å²) in [6.45, 7) is 4.43. The number of hydrogen-bond acceptors (Lipinski definition) is 6. The van der Waals surface area contributed by atoms with Gasteiger partial charge in [-0.1, -0.05) is 41.9 Å². The predicted octanol–water partition coefficient (Wildman–Crippen LogP) is 5.47. The molecule has 1 aliphatic heterocycles. The first-order chi connectivity index (χ1) is 17.4. The van der Waals surface area contributed by atoms with E-state index in [0.717, 1.165) is 33.3 Å². The summed E-state index contributed by atoms with van der Waals surface area (Å²) in [6.07, 6.45) is 3.00. The number of fused-ring (bicyclic) bond motifs is 2. The number of aromatic nitrogens is 2. The number of Topliss-reactive ketones (excluding diaryl/α,β-unsaturated/α-hetero) is 1. The molecule has 0 bridgehead atoms. The van der Waals surface area contributed by atoms with Crippen LogP contribution in [0.5, 0.6) is 5.75 Å². The molecule has 0 radical (unpaired) electrons. The molecule has 1 aliphatic rings. The first-order valence-electron chi connectivity index (χ1n) is 11.8. The number of ketones is 1. The number of rotatable bonds is 7. The van der Waals surface area contributed by atoms with Crippen molar-refractivity contribution in [3.8, 4) is 16.9 Å². The molecule has 0 aliphatic carbocycles. The number of thiophene rings is 1. The SMILES string of the molecule is CCCN1C(=O)COc2ccc(C(=O)Cn3cnc4sc(CC)c(-c5ccc(Br)cc5)c4c3=O)cc21. The number of nitrogens with zero attached hydrogens (tertiary/aromatic N) is 3. The summed E-state index contributed by atoms with van der Waals surface area (Å²) in [5, 5.41) is 0.535. The highest BCUT2D eigenvalue weighted by molar-refractivity contribution is 9.10. The maximum Gasteiger partial charge on any atom is 0.265 e. The third-order valence-corrected chi connectivity index (χ3v) is 7.96. The number of hydrogen-bond donors (Lipinski definition) is 0. The van der Waals surface area contributed by atoms with Crippen molar-refractivity contribution in [2.24, 2.45) is 0 Å². The molecule has 5 rings (SSSR count). The lowest BCUT2D eigenvalue weighted by molar-refractivity contribution is -0.121. The van der Waals surface area contributed by atoms with Crippen LogP contribution in [0.1, 0.15) is 35.5 Å². The Kier molecular flexibility index (Phi) is 6.77. The second-order valence-electron chi connectivity index (χ2n) is 8.56. The molecule has 7 nitrogen and oxygen atoms in total. The Morgan fingerprint density at radius 2 is 1.92 bits per heavy atom. The monoisotopic (exact) mass is 565 g/mol. The van der Waals surface area contributed by atoms with Crippen molar-refractivity contribution >= 4 is 54.9 Å². The zero-order chi connectivity index (χ0) is 25.4. The molecule has 0 spiro atoms. The van der Waals surface area contributed by atoms with Crippen LogP contribution in [0.2, 0.25) is 0 Å². The van der Waals surface area contributed by atoms with Crippen LogP contribution in [0.4, 0.5) is 5.69 Å². The average Bonchev–Trinajstić information content (AvgIpc) is 3.27. The van der Waals surface area contributed by atoms with E-state index in [2.05, 4.69) is 27.8 Å². The van der Waals surface area contributed by atoms with Crippen LogP contribution in [-0.4, -0.2) is 34.4 Å². The Morgan fingerprint density at radius 3 is 2.64 bits per heavy atom. The minimum absolute atomic E-state index is 0.0114. The van der Waals surface area contributed by atoms with Gasteiger partial charge in [-0.2, -0.15) is 0 Å². The molecule has 36 heavy (non-hydrogen) atoms. The maximum absolute atomic E-state index is 13.6. The van der Waals surface area contributed by atoms with Crippen LogP contribution in [0.3, 0.4) is 0 Å². The largest absolute Gasteiger partial charge is 0.482 e. The molecule has 0 fully saturated rings. The molecule has 3 heterocycles. The van der Waals surface area contributed by atoms with Crippen LogP contribution >= 0.6 is 27.3 Å². The van der Waals surface area contributed by atoms with Gasteiger partial charge in [-0.25, -0.2) is 4.98 Å². The summed E-state index contributed by atoms with van der Waals surface area (Å²) in [4.78, 5) is 47.1. The first kappa shape index (κ1) is 24.4. The zero-order valence-electron chi connectivity index (χ0n) is 19.9. The quantitative estimate of drug-likeness (QED) is 0.277. The highest BCUT2D eigenvalue weighted by atomic mass is 79.9. The summed E-state index contributed by atoms with van der Waals surface area (Å²) in [5.74, 6) is 0.195. The van der Waals surface area contributed by atoms with Gasteiger partial charge < -0.3 is 9.64 Å². The Bertz CT molecular complexity index is 1540. The number of aryl methyl sites for hydroxylation is 1. The van der Waals surface area contributed by atoms with Gasteiger partial charge in [0.25, 0.3) is 11.5 Å². The second kappa shape index (κ2) is 9.99. The molecule has 4 aromatic rings. The van der Waals surface area contributed by atoms with Crippen molar-refractivity contribution < 1.29 is 14.3 Å². The number of carbonyl (C=O) groups is 2. The third kappa shape index (κ3) is 4.37. The van der Waals surface area contributed by atoms with E-state index in [9.17, 15) is 14.4 Å². The molecule has 2 aromatic carbocycles. The summed E-state index contributed by atoms with van der Waals surface area (Å²) in [6, 6.07) is 12.9. The molecule has 0 atom stereocenters. The van der Waals surface area contributed by atoms with Crippen molar-refractivity contribution in [1.29, 1.82) is 0 Å². The van der Waals surface area contributed by atoms with E-state index >= 15 is 0 Å². The fourth-order valence-electron chi connectivity index (χ4n) is 4.45. The van der Waals surface area contributed by atoms with Crippen LogP contribution in [0, 0.1) is 0 Å². The molecule has 0 saturated carbocycles. The molecule has 184 valence electrons. The van der Waals surface area contributed by atoms with Crippen molar-refractivity contribution in [1.82, 2.24) is 9.55 Å². The van der Waals surface area contributed by atoms with Gasteiger partial charge in [0.15, 0.2) is 12.4 Å². The standard InChI is InChI=1S/C27H24BrN3O4S/c1-3-11-31-19-12-17(7-10-21(19)35-14-23(31)33)20(32)13-30-15-29-26-25(27(30)34)24(22(4-2)36-26)16-5-8-18(28)9-6-16/h5-10,12,15H,3-4,11,13-14H2,1-2H3. The van der Waals surface area contributed by atoms with Crippen LogP contribution in [0.15, 0.2) is 58.1 Å². The lowest BCUT2D eigenvalue weighted by Gasteiger charge is -2.29. The number of anilines is 1. The minimum atomic E-state index is -0.244. The molecular formula is C27H24BrN3O4S. The second-order valence-corrected chi connectivity index (χ2v) is 10.6.